The molecule has 1 heterocycles. The molecule has 0 saturated heterocycles. The number of halogens is 1. The minimum Gasteiger partial charge on any atom is -0.493 e. The van der Waals surface area contributed by atoms with Crippen LogP contribution < -0.4 is 20.5 Å². The number of ether oxygens (including phenoxy) is 2. The van der Waals surface area contributed by atoms with Gasteiger partial charge in [0.25, 0.3) is 0 Å². The summed E-state index contributed by atoms with van der Waals surface area (Å²) in [5.74, 6) is 1.62. The van der Waals surface area contributed by atoms with Crippen molar-refractivity contribution in [2.24, 2.45) is 10.7 Å². The van der Waals surface area contributed by atoms with Gasteiger partial charge in [-0.05, 0) is 29.3 Å². The zero-order chi connectivity index (χ0) is 19.1. The molecule has 0 unspecified atom stereocenters. The molecule has 0 aliphatic heterocycles. The molecule has 2 aromatic carbocycles. The lowest BCUT2D eigenvalue weighted by Gasteiger charge is -2.11. The maximum absolute atomic E-state index is 6.02. The summed E-state index contributed by atoms with van der Waals surface area (Å²) in [4.78, 5) is 4.41. The van der Waals surface area contributed by atoms with Crippen molar-refractivity contribution in [3.05, 3.63) is 72.1 Å². The van der Waals surface area contributed by atoms with Crippen molar-refractivity contribution in [3.8, 4) is 11.5 Å². The number of nitrogens with zero attached hydrogens (tertiary/aromatic N) is 3. The summed E-state index contributed by atoms with van der Waals surface area (Å²) >= 11 is 0. The second-order valence-electron chi connectivity index (χ2n) is 5.92. The largest absolute Gasteiger partial charge is 0.493 e. The van der Waals surface area contributed by atoms with Crippen LogP contribution >= 0.6 is 24.0 Å². The lowest BCUT2D eigenvalue weighted by molar-refractivity contribution is 0.355. The van der Waals surface area contributed by atoms with Crippen LogP contribution in [0.3, 0.4) is 0 Å². The lowest BCUT2D eigenvalue weighted by Crippen LogP contribution is -2.22. The molecule has 0 spiro atoms. The average Bonchev–Trinajstić information content (AvgIpc) is 3.19. The van der Waals surface area contributed by atoms with Crippen molar-refractivity contribution >= 4 is 35.6 Å². The Hall–Kier alpha value is -2.75. The van der Waals surface area contributed by atoms with Crippen molar-refractivity contribution in [2.45, 2.75) is 13.1 Å². The molecule has 0 saturated carbocycles. The molecule has 0 amide bonds. The molecule has 0 fully saturated rings. The summed E-state index contributed by atoms with van der Waals surface area (Å²) < 4.78 is 12.4. The first-order valence-electron chi connectivity index (χ1n) is 8.52. The smallest absolute Gasteiger partial charge is 0.193 e. The standard InChI is InChI=1S/C20H23N5O2.HI/c1-26-18-8-7-17(12-19(18)27-2)24-20(21)22-13-15-5-3-6-16(11-15)14-25-10-4-9-23-25;/h3-12H,13-14H2,1-2H3,(H3,21,22,24);1H. The Labute approximate surface area is 181 Å². The molecule has 7 nitrogen and oxygen atoms in total. The fourth-order valence-corrected chi connectivity index (χ4v) is 2.69. The average molecular weight is 493 g/mol. The molecule has 3 aromatic rings. The van der Waals surface area contributed by atoms with Gasteiger partial charge in [0.1, 0.15) is 0 Å². The highest BCUT2D eigenvalue weighted by Crippen LogP contribution is 2.29. The van der Waals surface area contributed by atoms with E-state index in [0.29, 0.717) is 24.0 Å². The number of methoxy groups -OCH3 is 2. The van der Waals surface area contributed by atoms with E-state index in [1.807, 2.05) is 47.3 Å². The van der Waals surface area contributed by atoms with Crippen molar-refractivity contribution < 1.29 is 9.47 Å². The molecule has 0 bridgehead atoms. The second kappa shape index (κ2) is 10.5. The first kappa shape index (κ1) is 21.5. The number of aliphatic imine (C=N–C) groups is 1. The van der Waals surface area contributed by atoms with Crippen LogP contribution in [-0.2, 0) is 13.1 Å². The number of anilines is 1. The Morgan fingerprint density at radius 3 is 2.57 bits per heavy atom. The summed E-state index contributed by atoms with van der Waals surface area (Å²) in [7, 11) is 3.19. The second-order valence-corrected chi connectivity index (χ2v) is 5.92. The zero-order valence-corrected chi connectivity index (χ0v) is 18.2. The molecular weight excluding hydrogens is 469 g/mol. The van der Waals surface area contributed by atoms with E-state index in [-0.39, 0.29) is 24.0 Å². The third-order valence-corrected chi connectivity index (χ3v) is 3.98. The van der Waals surface area contributed by atoms with E-state index < -0.39 is 0 Å². The van der Waals surface area contributed by atoms with Crippen LogP contribution in [0.1, 0.15) is 11.1 Å². The van der Waals surface area contributed by atoms with Gasteiger partial charge in [0.05, 0.1) is 27.3 Å². The summed E-state index contributed by atoms with van der Waals surface area (Å²) in [5, 5.41) is 7.30. The molecule has 3 N–H and O–H groups in total. The van der Waals surface area contributed by atoms with Crippen LogP contribution in [0.15, 0.2) is 65.9 Å². The molecular formula is C20H24IN5O2. The third kappa shape index (κ3) is 5.88. The van der Waals surface area contributed by atoms with Gasteiger partial charge in [0, 0.05) is 24.1 Å². The van der Waals surface area contributed by atoms with Gasteiger partial charge in [-0.1, -0.05) is 24.3 Å². The van der Waals surface area contributed by atoms with Crippen LogP contribution in [0.5, 0.6) is 11.5 Å². The number of benzene rings is 2. The van der Waals surface area contributed by atoms with Crippen LogP contribution in [0.25, 0.3) is 0 Å². The highest BCUT2D eigenvalue weighted by atomic mass is 127. The highest BCUT2D eigenvalue weighted by Gasteiger charge is 2.05. The van der Waals surface area contributed by atoms with E-state index in [2.05, 4.69) is 27.5 Å². The number of guanidine groups is 1. The topological polar surface area (TPSA) is 86.7 Å². The van der Waals surface area contributed by atoms with Gasteiger partial charge in [-0.15, -0.1) is 24.0 Å². The van der Waals surface area contributed by atoms with E-state index in [1.165, 1.54) is 0 Å². The number of rotatable bonds is 7. The van der Waals surface area contributed by atoms with E-state index >= 15 is 0 Å². The maximum Gasteiger partial charge on any atom is 0.193 e. The number of nitrogens with two attached hydrogens (primary N) is 1. The van der Waals surface area contributed by atoms with Crippen LogP contribution in [0, 0.1) is 0 Å². The van der Waals surface area contributed by atoms with Gasteiger partial charge in [0.2, 0.25) is 0 Å². The van der Waals surface area contributed by atoms with E-state index in [1.54, 1.807) is 20.4 Å². The Morgan fingerprint density at radius 2 is 1.86 bits per heavy atom. The minimum absolute atomic E-state index is 0. The first-order valence-corrected chi connectivity index (χ1v) is 8.52. The first-order chi connectivity index (χ1) is 13.2. The van der Waals surface area contributed by atoms with Gasteiger partial charge in [0.15, 0.2) is 17.5 Å². The summed E-state index contributed by atoms with van der Waals surface area (Å²) in [6.45, 7) is 1.21. The predicted molar refractivity (Wildman–Crippen MR) is 122 cm³/mol. The van der Waals surface area contributed by atoms with Crippen molar-refractivity contribution in [1.82, 2.24) is 9.78 Å². The molecule has 28 heavy (non-hydrogen) atoms. The Morgan fingerprint density at radius 1 is 1.07 bits per heavy atom. The third-order valence-electron chi connectivity index (χ3n) is 3.98. The fourth-order valence-electron chi connectivity index (χ4n) is 2.69. The van der Waals surface area contributed by atoms with E-state index in [9.17, 15) is 0 Å². The lowest BCUT2D eigenvalue weighted by atomic mass is 10.1. The summed E-state index contributed by atoms with van der Waals surface area (Å²) in [5.41, 5.74) is 9.04. The van der Waals surface area contributed by atoms with E-state index in [0.717, 1.165) is 23.4 Å². The quantitative estimate of drug-likeness (QED) is 0.299. The van der Waals surface area contributed by atoms with E-state index in [4.69, 9.17) is 15.2 Å². The monoisotopic (exact) mass is 493 g/mol. The van der Waals surface area contributed by atoms with Crippen molar-refractivity contribution in [3.63, 3.8) is 0 Å². The molecule has 8 heteroatoms. The highest BCUT2D eigenvalue weighted by molar-refractivity contribution is 14.0. The molecule has 1 aromatic heterocycles. The predicted octanol–water partition coefficient (Wildman–Crippen LogP) is 3.49. The number of hydrogen-bond donors (Lipinski definition) is 2. The Bertz CT molecular complexity index is 913. The minimum atomic E-state index is 0. The van der Waals surface area contributed by atoms with Crippen LogP contribution in [-0.4, -0.2) is 30.0 Å². The van der Waals surface area contributed by atoms with Gasteiger partial charge >= 0.3 is 0 Å². The number of nitrogens with one attached hydrogen (secondary N) is 1. The molecule has 3 rings (SSSR count). The molecule has 148 valence electrons. The van der Waals surface area contributed by atoms with Crippen LogP contribution in [0.4, 0.5) is 5.69 Å². The molecule has 0 aliphatic carbocycles. The number of aromatic nitrogens is 2. The molecule has 0 radical (unpaired) electrons. The SMILES string of the molecule is COc1ccc(NC(N)=NCc2cccc(Cn3cccn3)c2)cc1OC.I. The molecule has 0 atom stereocenters. The Balaban J connectivity index is 0.00000280. The molecule has 0 aliphatic rings. The van der Waals surface area contributed by atoms with Crippen LogP contribution in [0.2, 0.25) is 0 Å². The van der Waals surface area contributed by atoms with Crippen molar-refractivity contribution in [1.29, 1.82) is 0 Å². The number of hydrogen-bond acceptors (Lipinski definition) is 4. The van der Waals surface area contributed by atoms with Gasteiger partial charge < -0.3 is 20.5 Å². The maximum atomic E-state index is 6.02. The van der Waals surface area contributed by atoms with Gasteiger partial charge in [-0.2, -0.15) is 5.10 Å². The normalized spacial score (nSPS) is 10.9. The summed E-state index contributed by atoms with van der Waals surface area (Å²) in [6, 6.07) is 15.6. The zero-order valence-electron chi connectivity index (χ0n) is 15.8. The fraction of sp³-hybridized carbons (Fsp3) is 0.200. The van der Waals surface area contributed by atoms with Gasteiger partial charge in [-0.25, -0.2) is 4.99 Å². The van der Waals surface area contributed by atoms with Crippen molar-refractivity contribution in [2.75, 3.05) is 19.5 Å². The Kier molecular flexibility index (Phi) is 8.12. The van der Waals surface area contributed by atoms with Gasteiger partial charge in [-0.3, -0.25) is 4.68 Å². The summed E-state index contributed by atoms with van der Waals surface area (Å²) in [6.07, 6.45) is 3.71.